The molecule has 0 aliphatic rings. The lowest BCUT2D eigenvalue weighted by molar-refractivity contribution is 0.304. The third-order valence-corrected chi connectivity index (χ3v) is 3.36. The first-order chi connectivity index (χ1) is 11.0. The van der Waals surface area contributed by atoms with E-state index in [1.165, 1.54) is 14.2 Å². The number of methoxy groups -OCH3 is 4. The number of ether oxygens (including phenoxy) is 4. The molecule has 4 N–H and O–H groups in total. The summed E-state index contributed by atoms with van der Waals surface area (Å²) in [5, 5.41) is 0. The van der Waals surface area contributed by atoms with E-state index in [2.05, 4.69) is 9.97 Å². The fraction of sp³-hybridized carbons (Fsp3) is 0.333. The summed E-state index contributed by atoms with van der Waals surface area (Å²) in [6, 6.07) is 1.80. The molecule has 0 aliphatic heterocycles. The number of benzene rings is 1. The van der Waals surface area contributed by atoms with Gasteiger partial charge in [-0.05, 0) is 6.07 Å². The van der Waals surface area contributed by atoms with Crippen molar-refractivity contribution in [1.82, 2.24) is 9.97 Å². The van der Waals surface area contributed by atoms with Gasteiger partial charge in [-0.3, -0.25) is 0 Å². The third kappa shape index (κ3) is 3.15. The van der Waals surface area contributed by atoms with E-state index >= 15 is 0 Å². The molecule has 2 aromatic rings. The summed E-state index contributed by atoms with van der Waals surface area (Å²) in [5.41, 5.74) is 12.9. The molecule has 0 saturated carbocycles. The first-order valence-corrected chi connectivity index (χ1v) is 6.78. The van der Waals surface area contributed by atoms with E-state index in [0.717, 1.165) is 5.56 Å². The lowest BCUT2D eigenvalue weighted by Crippen LogP contribution is -2.06. The van der Waals surface area contributed by atoms with Gasteiger partial charge in [0.05, 0.1) is 28.4 Å². The minimum absolute atomic E-state index is 0.128. The number of nitrogens with zero attached hydrogens (tertiary/aromatic N) is 2. The fourth-order valence-electron chi connectivity index (χ4n) is 2.31. The van der Waals surface area contributed by atoms with Crippen LogP contribution in [0.5, 0.6) is 23.0 Å². The first kappa shape index (κ1) is 16.5. The molecule has 1 heterocycles. The van der Waals surface area contributed by atoms with Gasteiger partial charge < -0.3 is 30.4 Å². The molecular weight excluding hydrogens is 300 g/mol. The Labute approximate surface area is 134 Å². The molecule has 8 nitrogen and oxygen atoms in total. The van der Waals surface area contributed by atoms with E-state index in [1.807, 2.05) is 0 Å². The minimum atomic E-state index is 0.128. The highest BCUT2D eigenvalue weighted by molar-refractivity contribution is 5.64. The monoisotopic (exact) mass is 320 g/mol. The van der Waals surface area contributed by atoms with Gasteiger partial charge >= 0.3 is 0 Å². The first-order valence-electron chi connectivity index (χ1n) is 6.78. The van der Waals surface area contributed by atoms with E-state index in [9.17, 15) is 0 Å². The Morgan fingerprint density at radius 1 is 0.870 bits per heavy atom. The number of hydrogen-bond donors (Lipinski definition) is 2. The molecule has 0 saturated heterocycles. The Morgan fingerprint density at radius 2 is 1.52 bits per heavy atom. The number of nitrogens with two attached hydrogens (primary N) is 2. The summed E-state index contributed by atoms with van der Waals surface area (Å²) in [4.78, 5) is 7.93. The third-order valence-electron chi connectivity index (χ3n) is 3.36. The maximum Gasteiger partial charge on any atom is 0.221 e. The van der Waals surface area contributed by atoms with Crippen LogP contribution in [0.1, 0.15) is 11.1 Å². The molecule has 0 atom stereocenters. The minimum Gasteiger partial charge on any atom is -0.493 e. The van der Waals surface area contributed by atoms with Crippen LogP contribution in [0.2, 0.25) is 0 Å². The Balaban J connectivity index is 2.56. The second-order valence-corrected chi connectivity index (χ2v) is 4.65. The van der Waals surface area contributed by atoms with Crippen molar-refractivity contribution in [3.05, 3.63) is 23.4 Å². The molecule has 23 heavy (non-hydrogen) atoms. The predicted molar refractivity (Wildman–Crippen MR) is 86.3 cm³/mol. The van der Waals surface area contributed by atoms with Crippen LogP contribution < -0.4 is 30.4 Å². The maximum atomic E-state index is 5.90. The van der Waals surface area contributed by atoms with E-state index in [-0.39, 0.29) is 5.95 Å². The van der Waals surface area contributed by atoms with Gasteiger partial charge in [-0.15, -0.1) is 0 Å². The van der Waals surface area contributed by atoms with Gasteiger partial charge in [0.1, 0.15) is 5.82 Å². The molecular formula is C15H20N4O4. The number of hydrogen-bond acceptors (Lipinski definition) is 8. The van der Waals surface area contributed by atoms with Crippen LogP contribution in [0.15, 0.2) is 12.3 Å². The molecule has 0 fully saturated rings. The van der Waals surface area contributed by atoms with Crippen molar-refractivity contribution in [2.45, 2.75) is 6.42 Å². The normalized spacial score (nSPS) is 10.3. The second-order valence-electron chi connectivity index (χ2n) is 4.65. The van der Waals surface area contributed by atoms with Crippen LogP contribution in [0.25, 0.3) is 0 Å². The van der Waals surface area contributed by atoms with Crippen molar-refractivity contribution in [1.29, 1.82) is 0 Å². The van der Waals surface area contributed by atoms with Crippen LogP contribution in [0.3, 0.4) is 0 Å². The van der Waals surface area contributed by atoms with Crippen LogP contribution in [-0.4, -0.2) is 38.4 Å². The molecule has 0 aliphatic carbocycles. The average Bonchev–Trinajstić information content (AvgIpc) is 2.55. The standard InChI is InChI=1S/C15H20N4O4/c1-20-10-6-8(5-9-7-18-15(17)19-14(9)16)11(21-2)13(23-4)12(10)22-3/h6-7H,5H2,1-4H3,(H4,16,17,18,19). The van der Waals surface area contributed by atoms with Gasteiger partial charge in [-0.2, -0.15) is 4.98 Å². The van der Waals surface area contributed by atoms with Crippen molar-refractivity contribution in [3.8, 4) is 23.0 Å². The summed E-state index contributed by atoms with van der Waals surface area (Å²) >= 11 is 0. The lowest BCUT2D eigenvalue weighted by atomic mass is 10.0. The lowest BCUT2D eigenvalue weighted by Gasteiger charge is -2.18. The Kier molecular flexibility index (Phi) is 4.95. The van der Waals surface area contributed by atoms with Crippen molar-refractivity contribution >= 4 is 11.8 Å². The van der Waals surface area contributed by atoms with Crippen molar-refractivity contribution in [2.75, 3.05) is 39.9 Å². The molecule has 0 unspecified atom stereocenters. The number of anilines is 2. The maximum absolute atomic E-state index is 5.90. The van der Waals surface area contributed by atoms with Crippen LogP contribution in [0.4, 0.5) is 11.8 Å². The fourth-order valence-corrected chi connectivity index (χ4v) is 2.31. The second kappa shape index (κ2) is 6.91. The zero-order valence-electron chi connectivity index (χ0n) is 13.5. The Hall–Kier alpha value is -2.90. The van der Waals surface area contributed by atoms with Crippen LogP contribution in [-0.2, 0) is 6.42 Å². The van der Waals surface area contributed by atoms with Gasteiger partial charge in [-0.1, -0.05) is 0 Å². The van der Waals surface area contributed by atoms with Gasteiger partial charge in [-0.25, -0.2) is 4.98 Å². The van der Waals surface area contributed by atoms with E-state index < -0.39 is 0 Å². The van der Waals surface area contributed by atoms with Crippen molar-refractivity contribution in [3.63, 3.8) is 0 Å². The Morgan fingerprint density at radius 3 is 2.04 bits per heavy atom. The molecule has 0 spiro atoms. The summed E-state index contributed by atoms with van der Waals surface area (Å²) < 4.78 is 21.6. The highest BCUT2D eigenvalue weighted by Gasteiger charge is 2.22. The van der Waals surface area contributed by atoms with Crippen molar-refractivity contribution in [2.24, 2.45) is 0 Å². The number of aromatic nitrogens is 2. The quantitative estimate of drug-likeness (QED) is 0.817. The summed E-state index contributed by atoms with van der Waals surface area (Å²) in [5.74, 6) is 2.39. The molecule has 1 aromatic heterocycles. The van der Waals surface area contributed by atoms with Crippen LogP contribution in [0, 0.1) is 0 Å². The highest BCUT2D eigenvalue weighted by atomic mass is 16.5. The summed E-state index contributed by atoms with van der Waals surface area (Å²) in [7, 11) is 6.17. The topological polar surface area (TPSA) is 115 Å². The zero-order valence-corrected chi connectivity index (χ0v) is 13.5. The molecule has 0 amide bonds. The Bertz CT molecular complexity index is 706. The molecule has 2 rings (SSSR count). The molecule has 0 bridgehead atoms. The van der Waals surface area contributed by atoms with E-state index in [1.54, 1.807) is 26.5 Å². The smallest absolute Gasteiger partial charge is 0.221 e. The summed E-state index contributed by atoms with van der Waals surface area (Å²) in [6.07, 6.45) is 2.01. The average molecular weight is 320 g/mol. The molecule has 124 valence electrons. The SMILES string of the molecule is COc1cc(Cc2cnc(N)nc2N)c(OC)c(OC)c1OC. The highest BCUT2D eigenvalue weighted by Crippen LogP contribution is 2.47. The molecule has 0 radical (unpaired) electrons. The zero-order chi connectivity index (χ0) is 17.0. The molecule has 1 aromatic carbocycles. The number of nitrogen functional groups attached to an aromatic ring is 2. The molecule has 8 heteroatoms. The van der Waals surface area contributed by atoms with Gasteiger partial charge in [0.2, 0.25) is 17.4 Å². The van der Waals surface area contributed by atoms with Gasteiger partial charge in [0.15, 0.2) is 11.5 Å². The predicted octanol–water partition coefficient (Wildman–Crippen LogP) is 1.27. The van der Waals surface area contributed by atoms with Gasteiger partial charge in [0.25, 0.3) is 0 Å². The van der Waals surface area contributed by atoms with Crippen molar-refractivity contribution < 1.29 is 18.9 Å². The van der Waals surface area contributed by atoms with Gasteiger partial charge in [0, 0.05) is 23.7 Å². The number of rotatable bonds is 6. The van der Waals surface area contributed by atoms with Crippen LogP contribution >= 0.6 is 0 Å². The largest absolute Gasteiger partial charge is 0.493 e. The van der Waals surface area contributed by atoms with E-state index in [0.29, 0.717) is 40.8 Å². The summed E-state index contributed by atoms with van der Waals surface area (Å²) in [6.45, 7) is 0. The van der Waals surface area contributed by atoms with E-state index in [4.69, 9.17) is 30.4 Å².